The van der Waals surface area contributed by atoms with Crippen molar-refractivity contribution in [2.24, 2.45) is 0 Å². The first kappa shape index (κ1) is 24.3. The highest BCUT2D eigenvalue weighted by Crippen LogP contribution is 2.30. The second-order valence-electron chi connectivity index (χ2n) is 9.48. The predicted octanol–water partition coefficient (Wildman–Crippen LogP) is 4.17. The molecular weight excluding hydrogens is 454 g/mol. The van der Waals surface area contributed by atoms with Crippen molar-refractivity contribution in [3.05, 3.63) is 46.2 Å². The van der Waals surface area contributed by atoms with Crippen molar-refractivity contribution in [1.29, 1.82) is 0 Å². The number of aromatic nitrogens is 2. The van der Waals surface area contributed by atoms with E-state index < -0.39 is 11.4 Å². The third kappa shape index (κ3) is 4.56. The number of unbranched alkanes of at least 4 members (excludes halogenated alkanes) is 1. The molecule has 2 aliphatic rings. The summed E-state index contributed by atoms with van der Waals surface area (Å²) in [6.07, 6.45) is 5.82. The normalized spacial score (nSPS) is 20.4. The molecule has 2 heterocycles. The average Bonchev–Trinajstić information content (AvgIpc) is 3.46. The fourth-order valence-corrected chi connectivity index (χ4v) is 4.93. The molecule has 2 N–H and O–H groups in total. The molecule has 182 valence electrons. The molecule has 4 rings (SSSR count). The summed E-state index contributed by atoms with van der Waals surface area (Å²) in [6, 6.07) is 6.92. The minimum Gasteiger partial charge on any atom is -0.351 e. The van der Waals surface area contributed by atoms with Crippen LogP contribution in [0.15, 0.2) is 24.3 Å². The first-order chi connectivity index (χ1) is 16.2. The Labute approximate surface area is 205 Å². The number of rotatable bonds is 7. The zero-order valence-corrected chi connectivity index (χ0v) is 20.7. The third-order valence-electron chi connectivity index (χ3n) is 6.96. The minimum absolute atomic E-state index is 0.124. The Balaban J connectivity index is 1.61. The molecule has 0 bridgehead atoms. The van der Waals surface area contributed by atoms with Crippen LogP contribution in [0.2, 0.25) is 5.02 Å². The van der Waals surface area contributed by atoms with Crippen LogP contribution in [0, 0.1) is 6.92 Å². The number of halogens is 1. The van der Waals surface area contributed by atoms with E-state index in [-0.39, 0.29) is 30.1 Å². The molecule has 1 aliphatic carbocycles. The topological polar surface area (TPSA) is 96.3 Å². The molecule has 1 aromatic heterocycles. The van der Waals surface area contributed by atoms with Gasteiger partial charge in [-0.15, -0.1) is 0 Å². The highest BCUT2D eigenvalue weighted by atomic mass is 35.5. The maximum Gasteiger partial charge on any atom is 0.276 e. The van der Waals surface area contributed by atoms with Crippen LogP contribution < -0.4 is 10.6 Å². The van der Waals surface area contributed by atoms with Crippen molar-refractivity contribution >= 4 is 35.0 Å². The molecule has 3 amide bonds. The van der Waals surface area contributed by atoms with Gasteiger partial charge in [-0.1, -0.05) is 43.9 Å². The van der Waals surface area contributed by atoms with Crippen LogP contribution in [0.5, 0.6) is 0 Å². The highest BCUT2D eigenvalue weighted by Gasteiger charge is 2.48. The largest absolute Gasteiger partial charge is 0.351 e. The van der Waals surface area contributed by atoms with Gasteiger partial charge < -0.3 is 15.5 Å². The van der Waals surface area contributed by atoms with E-state index in [2.05, 4.69) is 22.7 Å². The van der Waals surface area contributed by atoms with Gasteiger partial charge in [0, 0.05) is 29.4 Å². The number of carbonyl (C=O) groups is 3. The van der Waals surface area contributed by atoms with Crippen molar-refractivity contribution in [1.82, 2.24) is 20.0 Å². The summed E-state index contributed by atoms with van der Waals surface area (Å²) in [5, 5.41) is 10.9. The Kier molecular flexibility index (Phi) is 6.98. The SMILES string of the molecule is CCCCN1C(=O)c2cc(C(=O)Nc3cccc(Cl)c3C)nn2CC1(C)C(=O)NC1CCCC1. The fraction of sp³-hybridized carbons (Fsp3) is 0.520. The molecule has 8 nitrogen and oxygen atoms in total. The Morgan fingerprint density at radius 1 is 1.26 bits per heavy atom. The third-order valence-corrected chi connectivity index (χ3v) is 7.37. The van der Waals surface area contributed by atoms with Gasteiger partial charge in [0.15, 0.2) is 5.69 Å². The van der Waals surface area contributed by atoms with Gasteiger partial charge in [-0.25, -0.2) is 0 Å². The first-order valence-electron chi connectivity index (χ1n) is 12.0. The molecule has 34 heavy (non-hydrogen) atoms. The second kappa shape index (κ2) is 9.78. The monoisotopic (exact) mass is 485 g/mol. The van der Waals surface area contributed by atoms with E-state index in [1.807, 2.05) is 6.92 Å². The lowest BCUT2D eigenvalue weighted by Crippen LogP contribution is -2.65. The smallest absolute Gasteiger partial charge is 0.276 e. The number of hydrogen-bond acceptors (Lipinski definition) is 4. The molecule has 1 aromatic carbocycles. The lowest BCUT2D eigenvalue weighted by Gasteiger charge is -2.43. The Bertz CT molecular complexity index is 1110. The summed E-state index contributed by atoms with van der Waals surface area (Å²) in [7, 11) is 0. The number of nitrogens with zero attached hydrogens (tertiary/aromatic N) is 3. The molecule has 0 spiro atoms. The van der Waals surface area contributed by atoms with Gasteiger partial charge in [-0.2, -0.15) is 5.10 Å². The van der Waals surface area contributed by atoms with Crippen molar-refractivity contribution in [3.8, 4) is 0 Å². The summed E-state index contributed by atoms with van der Waals surface area (Å²) in [6.45, 7) is 6.33. The van der Waals surface area contributed by atoms with Crippen LogP contribution in [0.25, 0.3) is 0 Å². The number of benzene rings is 1. The molecule has 9 heteroatoms. The quantitative estimate of drug-likeness (QED) is 0.615. The van der Waals surface area contributed by atoms with Crippen LogP contribution in [0.4, 0.5) is 5.69 Å². The Morgan fingerprint density at radius 3 is 2.71 bits per heavy atom. The van der Waals surface area contributed by atoms with Crippen LogP contribution in [0.3, 0.4) is 0 Å². The molecule has 1 atom stereocenters. The fourth-order valence-electron chi connectivity index (χ4n) is 4.76. The van der Waals surface area contributed by atoms with Gasteiger partial charge in [0.25, 0.3) is 11.8 Å². The van der Waals surface area contributed by atoms with Crippen LogP contribution >= 0.6 is 11.6 Å². The van der Waals surface area contributed by atoms with E-state index in [0.717, 1.165) is 44.1 Å². The minimum atomic E-state index is -1.08. The zero-order valence-electron chi connectivity index (χ0n) is 20.0. The van der Waals surface area contributed by atoms with Gasteiger partial charge >= 0.3 is 0 Å². The van der Waals surface area contributed by atoms with Crippen LogP contribution in [-0.4, -0.2) is 50.5 Å². The number of anilines is 1. The molecule has 0 radical (unpaired) electrons. The number of hydrogen-bond donors (Lipinski definition) is 2. The molecule has 1 saturated carbocycles. The molecule has 1 fully saturated rings. The van der Waals surface area contributed by atoms with Crippen molar-refractivity contribution in [2.75, 3.05) is 11.9 Å². The summed E-state index contributed by atoms with van der Waals surface area (Å²) >= 11 is 6.17. The lowest BCUT2D eigenvalue weighted by molar-refractivity contribution is -0.133. The van der Waals surface area contributed by atoms with E-state index in [9.17, 15) is 14.4 Å². The average molecular weight is 486 g/mol. The maximum atomic E-state index is 13.5. The highest BCUT2D eigenvalue weighted by molar-refractivity contribution is 6.31. The van der Waals surface area contributed by atoms with Gasteiger partial charge in [0.05, 0.1) is 6.54 Å². The molecule has 0 saturated heterocycles. The van der Waals surface area contributed by atoms with Gasteiger partial charge in [0.2, 0.25) is 5.91 Å². The van der Waals surface area contributed by atoms with Crippen LogP contribution in [-0.2, 0) is 11.3 Å². The Morgan fingerprint density at radius 2 is 2.00 bits per heavy atom. The van der Waals surface area contributed by atoms with E-state index in [1.165, 1.54) is 10.7 Å². The number of nitrogens with one attached hydrogen (secondary N) is 2. The molecule has 1 unspecified atom stereocenters. The van der Waals surface area contributed by atoms with E-state index in [4.69, 9.17) is 11.6 Å². The second-order valence-corrected chi connectivity index (χ2v) is 9.89. The summed E-state index contributed by atoms with van der Waals surface area (Å²) in [5.74, 6) is -0.878. The summed E-state index contributed by atoms with van der Waals surface area (Å²) < 4.78 is 1.50. The maximum absolute atomic E-state index is 13.5. The summed E-state index contributed by atoms with van der Waals surface area (Å²) in [4.78, 5) is 41.5. The summed E-state index contributed by atoms with van der Waals surface area (Å²) in [5.41, 5.74) is 0.693. The van der Waals surface area contributed by atoms with E-state index in [0.29, 0.717) is 22.9 Å². The van der Waals surface area contributed by atoms with E-state index in [1.54, 1.807) is 30.0 Å². The first-order valence-corrected chi connectivity index (χ1v) is 12.4. The standard InChI is InChI=1S/C25H32ClN5O3/c1-4-5-13-30-23(33)21-14-20(22(32)28-19-12-8-11-18(26)16(19)2)29-31(21)15-25(30,3)24(34)27-17-9-6-7-10-17/h8,11-12,14,17H,4-7,9-10,13,15H2,1-3H3,(H,27,34)(H,28,32). The van der Waals surface area contributed by atoms with Gasteiger partial charge in [0.1, 0.15) is 11.2 Å². The molecular formula is C25H32ClN5O3. The number of amides is 3. The number of carbonyl (C=O) groups excluding carboxylic acids is 3. The Hall–Kier alpha value is -2.87. The predicted molar refractivity (Wildman–Crippen MR) is 131 cm³/mol. The van der Waals surface area contributed by atoms with E-state index >= 15 is 0 Å². The molecule has 1 aliphatic heterocycles. The zero-order chi connectivity index (χ0) is 24.5. The van der Waals surface area contributed by atoms with Gasteiger partial charge in [-0.05, 0) is 50.8 Å². The van der Waals surface area contributed by atoms with Crippen molar-refractivity contribution in [2.45, 2.75) is 77.4 Å². The lowest BCUT2D eigenvalue weighted by atomic mass is 9.94. The van der Waals surface area contributed by atoms with Crippen LogP contribution in [0.1, 0.15) is 78.9 Å². The number of fused-ring (bicyclic) bond motifs is 1. The van der Waals surface area contributed by atoms with Crippen molar-refractivity contribution in [3.63, 3.8) is 0 Å². The van der Waals surface area contributed by atoms with Gasteiger partial charge in [-0.3, -0.25) is 19.1 Å². The molecule has 2 aromatic rings. The van der Waals surface area contributed by atoms with Crippen molar-refractivity contribution < 1.29 is 14.4 Å².